The van der Waals surface area contributed by atoms with Crippen LogP contribution in [0.25, 0.3) is 21.7 Å². The van der Waals surface area contributed by atoms with E-state index in [9.17, 15) is 4.79 Å². The second-order valence-corrected chi connectivity index (χ2v) is 3.57. The van der Waals surface area contributed by atoms with Crippen LogP contribution in [0.1, 0.15) is 9.67 Å². The third-order valence-corrected chi connectivity index (χ3v) is 2.58. The van der Waals surface area contributed by atoms with E-state index in [4.69, 9.17) is 5.53 Å². The molecule has 2 rings (SSSR count). The van der Waals surface area contributed by atoms with E-state index in [-0.39, 0.29) is 4.88 Å². The molecule has 7 heteroatoms. The summed E-state index contributed by atoms with van der Waals surface area (Å²) in [7, 11) is 0. The summed E-state index contributed by atoms with van der Waals surface area (Å²) in [4.78, 5) is 14.1. The first kappa shape index (κ1) is 10.3. The molecular weight excluding hydrogens is 226 g/mol. The Morgan fingerprint density at radius 1 is 1.38 bits per heavy atom. The highest BCUT2D eigenvalue weighted by Crippen LogP contribution is 2.24. The van der Waals surface area contributed by atoms with Gasteiger partial charge in [0.25, 0.3) is 5.91 Å². The third kappa shape index (κ3) is 1.90. The number of azide groups is 1. The lowest BCUT2D eigenvalue weighted by molar-refractivity contribution is 0.100. The molecule has 1 heterocycles. The van der Waals surface area contributed by atoms with E-state index >= 15 is 0 Å². The summed E-state index contributed by atoms with van der Waals surface area (Å²) < 4.78 is 3.69. The number of hydrogen-bond donors (Lipinski definition) is 0. The standard InChI is InChI=1S/C9H5N5OS/c10-13-12-9(15)8-7(11-14-16-8)6-4-2-1-3-5-6/h1-5H. The van der Waals surface area contributed by atoms with Gasteiger partial charge in [0.2, 0.25) is 0 Å². The molecule has 0 saturated heterocycles. The summed E-state index contributed by atoms with van der Waals surface area (Å²) >= 11 is 0.917. The quantitative estimate of drug-likeness (QED) is 0.451. The van der Waals surface area contributed by atoms with Crippen molar-refractivity contribution in [2.75, 3.05) is 0 Å². The van der Waals surface area contributed by atoms with E-state index in [0.29, 0.717) is 5.69 Å². The van der Waals surface area contributed by atoms with Gasteiger partial charge in [-0.05, 0) is 22.2 Å². The minimum Gasteiger partial charge on any atom is -0.286 e. The maximum Gasteiger partial charge on any atom is 0.262 e. The normalized spacial score (nSPS) is 9.50. The number of benzene rings is 1. The lowest BCUT2D eigenvalue weighted by atomic mass is 10.1. The fraction of sp³-hybridized carbons (Fsp3) is 0. The molecule has 0 aliphatic carbocycles. The van der Waals surface area contributed by atoms with Crippen LogP contribution in [-0.4, -0.2) is 15.5 Å². The maximum absolute atomic E-state index is 11.4. The Kier molecular flexibility index (Phi) is 2.90. The lowest BCUT2D eigenvalue weighted by Gasteiger charge is -1.96. The third-order valence-electron chi connectivity index (χ3n) is 1.87. The van der Waals surface area contributed by atoms with Crippen molar-refractivity contribution in [3.63, 3.8) is 0 Å². The highest BCUT2D eigenvalue weighted by atomic mass is 32.1. The predicted octanol–water partition coefficient (Wildman–Crippen LogP) is 2.66. The molecule has 0 spiro atoms. The molecule has 0 N–H and O–H groups in total. The molecular formula is C9H5N5OS. The zero-order valence-corrected chi connectivity index (χ0v) is 8.76. The molecule has 0 atom stereocenters. The highest BCUT2D eigenvalue weighted by Gasteiger charge is 2.15. The minimum absolute atomic E-state index is 0.254. The molecule has 78 valence electrons. The van der Waals surface area contributed by atoms with Gasteiger partial charge < -0.3 is 0 Å². The van der Waals surface area contributed by atoms with Gasteiger partial charge in [-0.25, -0.2) is 0 Å². The van der Waals surface area contributed by atoms with Crippen LogP contribution in [-0.2, 0) is 0 Å². The first-order valence-electron chi connectivity index (χ1n) is 4.30. The number of nitrogens with zero attached hydrogens (tertiary/aromatic N) is 5. The fourth-order valence-corrected chi connectivity index (χ4v) is 1.77. The fourth-order valence-electron chi connectivity index (χ4n) is 1.20. The first-order chi connectivity index (χ1) is 7.83. The van der Waals surface area contributed by atoms with Gasteiger partial charge in [0.15, 0.2) is 0 Å². The molecule has 0 aliphatic heterocycles. The molecule has 0 bridgehead atoms. The second-order valence-electron chi connectivity index (χ2n) is 2.81. The van der Waals surface area contributed by atoms with Gasteiger partial charge in [-0.2, -0.15) is 0 Å². The van der Waals surface area contributed by atoms with Crippen molar-refractivity contribution in [1.29, 1.82) is 0 Å². The van der Waals surface area contributed by atoms with Gasteiger partial charge >= 0.3 is 0 Å². The largest absolute Gasteiger partial charge is 0.286 e. The predicted molar refractivity (Wildman–Crippen MR) is 58.8 cm³/mol. The van der Waals surface area contributed by atoms with Crippen LogP contribution in [0, 0.1) is 0 Å². The number of carbonyl (C=O) groups excluding carboxylic acids is 1. The Morgan fingerprint density at radius 2 is 2.12 bits per heavy atom. The smallest absolute Gasteiger partial charge is 0.262 e. The van der Waals surface area contributed by atoms with Crippen molar-refractivity contribution in [3.05, 3.63) is 45.7 Å². The van der Waals surface area contributed by atoms with E-state index in [1.54, 1.807) is 0 Å². The highest BCUT2D eigenvalue weighted by molar-refractivity contribution is 7.08. The Hall–Kier alpha value is -2.24. The van der Waals surface area contributed by atoms with Crippen LogP contribution in [0.15, 0.2) is 35.4 Å². The van der Waals surface area contributed by atoms with Gasteiger partial charge in [0, 0.05) is 10.5 Å². The molecule has 16 heavy (non-hydrogen) atoms. The van der Waals surface area contributed by atoms with E-state index in [2.05, 4.69) is 19.6 Å². The van der Waals surface area contributed by atoms with Crippen LogP contribution in [0.4, 0.5) is 0 Å². The first-order valence-corrected chi connectivity index (χ1v) is 5.07. The maximum atomic E-state index is 11.4. The van der Waals surface area contributed by atoms with Gasteiger partial charge in [0.05, 0.1) is 0 Å². The second kappa shape index (κ2) is 4.52. The minimum atomic E-state index is -0.656. The number of hydrogen-bond acceptors (Lipinski definition) is 4. The molecule has 0 aliphatic rings. The van der Waals surface area contributed by atoms with Gasteiger partial charge in [-0.15, -0.1) is 5.10 Å². The van der Waals surface area contributed by atoms with E-state index < -0.39 is 5.91 Å². The summed E-state index contributed by atoms with van der Waals surface area (Å²) in [6.45, 7) is 0. The van der Waals surface area contributed by atoms with Gasteiger partial charge in [-0.3, -0.25) is 4.79 Å². The summed E-state index contributed by atoms with van der Waals surface area (Å²) in [6.07, 6.45) is 0. The Balaban J connectivity index is 2.48. The number of aromatic nitrogens is 2. The van der Waals surface area contributed by atoms with Crippen molar-refractivity contribution in [1.82, 2.24) is 9.59 Å². The van der Waals surface area contributed by atoms with Gasteiger partial charge in [0.1, 0.15) is 10.6 Å². The Morgan fingerprint density at radius 3 is 2.81 bits per heavy atom. The van der Waals surface area contributed by atoms with Crippen molar-refractivity contribution < 1.29 is 4.79 Å². The molecule has 0 fully saturated rings. The average molecular weight is 231 g/mol. The summed E-state index contributed by atoms with van der Waals surface area (Å²) in [5, 5.41) is 6.88. The van der Waals surface area contributed by atoms with Crippen LogP contribution >= 0.6 is 11.5 Å². The molecule has 6 nitrogen and oxygen atoms in total. The molecule has 0 unspecified atom stereocenters. The molecule has 1 aromatic carbocycles. The van der Waals surface area contributed by atoms with Crippen molar-refractivity contribution >= 4 is 17.4 Å². The van der Waals surface area contributed by atoms with Crippen molar-refractivity contribution in [3.8, 4) is 11.3 Å². The summed E-state index contributed by atoms with van der Waals surface area (Å²) in [5.41, 5.74) is 9.42. The van der Waals surface area contributed by atoms with E-state index in [1.807, 2.05) is 30.3 Å². The van der Waals surface area contributed by atoms with Crippen molar-refractivity contribution in [2.45, 2.75) is 0 Å². The van der Waals surface area contributed by atoms with Crippen molar-refractivity contribution in [2.24, 2.45) is 5.11 Å². The van der Waals surface area contributed by atoms with Crippen LogP contribution in [0.2, 0.25) is 0 Å². The molecule has 1 aromatic heterocycles. The monoisotopic (exact) mass is 231 g/mol. The van der Waals surface area contributed by atoms with Crippen LogP contribution in [0.5, 0.6) is 0 Å². The molecule has 2 aromatic rings. The van der Waals surface area contributed by atoms with E-state index in [1.165, 1.54) is 0 Å². The molecule has 0 saturated carbocycles. The topological polar surface area (TPSA) is 91.6 Å². The summed E-state index contributed by atoms with van der Waals surface area (Å²) in [5.74, 6) is -0.656. The van der Waals surface area contributed by atoms with Gasteiger partial charge in [-0.1, -0.05) is 34.8 Å². The molecule has 1 amide bonds. The SMILES string of the molecule is [N-]=[N+]=NC(=O)c1snnc1-c1ccccc1. The van der Waals surface area contributed by atoms with E-state index in [0.717, 1.165) is 17.1 Å². The van der Waals surface area contributed by atoms with Crippen LogP contribution in [0.3, 0.4) is 0 Å². The molecule has 0 radical (unpaired) electrons. The Labute approximate surface area is 94.3 Å². The number of amides is 1. The average Bonchev–Trinajstić information content (AvgIpc) is 2.79. The zero-order chi connectivity index (χ0) is 11.4. The zero-order valence-electron chi connectivity index (χ0n) is 7.94. The number of carbonyl (C=O) groups is 1. The van der Waals surface area contributed by atoms with Crippen LogP contribution < -0.4 is 0 Å². The number of rotatable bonds is 2. The Bertz CT molecular complexity index is 558. The summed E-state index contributed by atoms with van der Waals surface area (Å²) in [6, 6.07) is 9.14. The lowest BCUT2D eigenvalue weighted by Crippen LogP contribution is -1.92.